The van der Waals surface area contributed by atoms with Gasteiger partial charge in [0.1, 0.15) is 0 Å². The number of nitrogens with zero attached hydrogens (tertiary/aromatic N) is 6. The molecular weight excluding hydrogens is 542 g/mol. The van der Waals surface area contributed by atoms with Crippen molar-refractivity contribution in [2.75, 3.05) is 0 Å². The summed E-state index contributed by atoms with van der Waals surface area (Å²) in [6.45, 7) is 0. The molecule has 3 aromatic carbocycles. The van der Waals surface area contributed by atoms with Gasteiger partial charge in [-0.05, 0) is 59.3 Å². The van der Waals surface area contributed by atoms with Gasteiger partial charge in [-0.25, -0.2) is 4.98 Å². The number of nitrogens with one attached hydrogen (secondary N) is 1. The lowest BCUT2D eigenvalue weighted by Crippen LogP contribution is -1.75. The lowest BCUT2D eigenvalue weighted by atomic mass is 10.2. The summed E-state index contributed by atoms with van der Waals surface area (Å²) >= 11 is 0. The molecule has 1 N–H and O–H groups in total. The summed E-state index contributed by atoms with van der Waals surface area (Å²) in [6, 6.07) is 42.0. The lowest BCUT2D eigenvalue weighted by molar-refractivity contribution is 1.12. The van der Waals surface area contributed by atoms with E-state index in [1.54, 1.807) is 18.7 Å². The molecule has 9 rings (SSSR count). The molecule has 0 aliphatic carbocycles. The molecule has 0 amide bonds. The van der Waals surface area contributed by atoms with Crippen molar-refractivity contribution in [3.63, 3.8) is 0 Å². The number of para-hydroxylation sites is 2. The zero-order valence-corrected chi connectivity index (χ0v) is 24.0. The number of imidazole rings is 1. The zero-order valence-electron chi connectivity index (χ0n) is 24.0. The Labute approximate surface area is 255 Å². The second-order valence-corrected chi connectivity index (χ2v) is 9.33. The summed E-state index contributed by atoms with van der Waals surface area (Å²) in [5, 5.41) is 11.6. The van der Waals surface area contributed by atoms with E-state index in [0.717, 1.165) is 21.9 Å². The highest BCUT2D eigenvalue weighted by molar-refractivity contribution is 5.81. The number of H-pyrrole nitrogens is 1. The van der Waals surface area contributed by atoms with Crippen LogP contribution in [0.15, 0.2) is 183 Å². The largest absolute Gasteiger partial charge is 0.306 e. The molecule has 0 aliphatic heterocycles. The monoisotopic (exact) mass is 573 g/mol. The van der Waals surface area contributed by atoms with Gasteiger partial charge in [-0.15, -0.1) is 0 Å². The number of aromatic nitrogens is 7. The maximum absolute atomic E-state index is 4.18. The first-order valence-electron chi connectivity index (χ1n) is 14.1. The molecule has 6 aromatic heterocycles. The van der Waals surface area contributed by atoms with Crippen molar-refractivity contribution < 1.29 is 0 Å². The molecule has 0 radical (unpaired) electrons. The Kier molecular flexibility index (Phi) is 10.8. The van der Waals surface area contributed by atoms with Crippen molar-refractivity contribution >= 4 is 38.1 Å². The van der Waals surface area contributed by atoms with E-state index in [0.29, 0.717) is 0 Å². The van der Waals surface area contributed by atoms with Gasteiger partial charge in [0.25, 0.3) is 0 Å². The predicted octanol–water partition coefficient (Wildman–Crippen LogP) is 8.45. The smallest absolute Gasteiger partial charge is 0.0991 e. The number of rotatable bonds is 0. The highest BCUT2D eigenvalue weighted by atomic mass is 15.1. The van der Waals surface area contributed by atoms with E-state index in [2.05, 4.69) is 54.4 Å². The van der Waals surface area contributed by atoms with Crippen LogP contribution < -0.4 is 0 Å². The third-order valence-electron chi connectivity index (χ3n) is 6.30. The van der Waals surface area contributed by atoms with Crippen molar-refractivity contribution in [3.8, 4) is 0 Å². The maximum Gasteiger partial charge on any atom is 0.0991 e. The normalized spacial score (nSPS) is 9.82. The molecule has 0 bridgehead atoms. The minimum atomic E-state index is 1.06. The Balaban J connectivity index is 0.000000110. The van der Waals surface area contributed by atoms with Gasteiger partial charge in [-0.3, -0.25) is 20.1 Å². The van der Waals surface area contributed by atoms with Crippen molar-refractivity contribution in [1.82, 2.24) is 34.5 Å². The molecule has 0 aliphatic rings. The fraction of sp³-hybridized carbons (Fsp3) is 0. The standard InChI is InChI=1S/2C9H7N.2C7H6N2.C5H5N/c1-2-6-9-8(4-1)5-3-7-10-9;1-2-4-9-7-10-6-5-8(9)3-1;1-2-4-9-6-8-5-7(9)3-1;1-2-4-7-6(3-1)5-8-9-7;1-2-4-6-5-3-1/h2*1-7H;1-6H;1-5H,(H,8,9);1-5H. The molecule has 0 spiro atoms. The van der Waals surface area contributed by atoms with E-state index in [1.165, 1.54) is 16.2 Å². The van der Waals surface area contributed by atoms with E-state index >= 15 is 0 Å². The van der Waals surface area contributed by atoms with Gasteiger partial charge in [0.15, 0.2) is 0 Å². The van der Waals surface area contributed by atoms with Crippen LogP contribution in [-0.2, 0) is 0 Å². The molecule has 0 unspecified atom stereocenters. The molecule has 7 heteroatoms. The van der Waals surface area contributed by atoms with Crippen LogP contribution in [0.4, 0.5) is 0 Å². The highest BCUT2D eigenvalue weighted by Gasteiger charge is 1.89. The van der Waals surface area contributed by atoms with Gasteiger partial charge in [-0.2, -0.15) is 5.10 Å². The van der Waals surface area contributed by atoms with Crippen LogP contribution in [0.5, 0.6) is 0 Å². The number of fused-ring (bicyclic) bond motifs is 4. The molecule has 9 aromatic rings. The Morgan fingerprint density at radius 3 is 1.91 bits per heavy atom. The molecule has 0 saturated heterocycles. The highest BCUT2D eigenvalue weighted by Crippen LogP contribution is 2.10. The summed E-state index contributed by atoms with van der Waals surface area (Å²) in [7, 11) is 0. The van der Waals surface area contributed by atoms with E-state index in [1.807, 2.05) is 145 Å². The molecular formula is C37H31N7. The van der Waals surface area contributed by atoms with Gasteiger partial charge >= 0.3 is 0 Å². The van der Waals surface area contributed by atoms with Gasteiger partial charge in [0.05, 0.1) is 35.3 Å². The lowest BCUT2D eigenvalue weighted by Gasteiger charge is -1.91. The summed E-state index contributed by atoms with van der Waals surface area (Å²) in [5.74, 6) is 0. The van der Waals surface area contributed by atoms with Crippen LogP contribution in [-0.4, -0.2) is 34.5 Å². The number of hydrogen-bond donors (Lipinski definition) is 1. The summed E-state index contributed by atoms with van der Waals surface area (Å²) in [5.41, 5.74) is 3.29. The van der Waals surface area contributed by atoms with Crippen LogP contribution in [0.2, 0.25) is 0 Å². The Morgan fingerprint density at radius 1 is 0.455 bits per heavy atom. The van der Waals surface area contributed by atoms with Crippen LogP contribution in [0, 0.1) is 0 Å². The summed E-state index contributed by atoms with van der Waals surface area (Å²) < 4.78 is 1.97. The summed E-state index contributed by atoms with van der Waals surface area (Å²) in [4.78, 5) is 15.9. The van der Waals surface area contributed by atoms with Crippen LogP contribution >= 0.6 is 0 Å². The Bertz CT molecular complexity index is 1750. The molecule has 7 nitrogen and oxygen atoms in total. The van der Waals surface area contributed by atoms with E-state index < -0.39 is 0 Å². The zero-order chi connectivity index (χ0) is 30.1. The number of aromatic amines is 1. The minimum absolute atomic E-state index is 1.06. The first-order chi connectivity index (χ1) is 21.9. The van der Waals surface area contributed by atoms with E-state index in [4.69, 9.17) is 0 Å². The van der Waals surface area contributed by atoms with Gasteiger partial charge < -0.3 is 4.40 Å². The minimum Gasteiger partial charge on any atom is -0.306 e. The number of pyridine rings is 4. The molecule has 6 heterocycles. The topological polar surface area (TPSA) is 84.7 Å². The molecule has 44 heavy (non-hydrogen) atoms. The van der Waals surface area contributed by atoms with Crippen LogP contribution in [0.25, 0.3) is 38.1 Å². The molecule has 0 atom stereocenters. The van der Waals surface area contributed by atoms with Crippen LogP contribution in [0.3, 0.4) is 0 Å². The fourth-order valence-electron chi connectivity index (χ4n) is 4.10. The van der Waals surface area contributed by atoms with E-state index in [9.17, 15) is 0 Å². The third kappa shape index (κ3) is 8.89. The average Bonchev–Trinajstić information content (AvgIpc) is 3.81. The molecule has 214 valence electrons. The third-order valence-corrected chi connectivity index (χ3v) is 6.30. The summed E-state index contributed by atoms with van der Waals surface area (Å²) in [6.07, 6.45) is 16.4. The van der Waals surface area contributed by atoms with Crippen LogP contribution in [0.1, 0.15) is 0 Å². The van der Waals surface area contributed by atoms with Crippen molar-refractivity contribution in [2.45, 2.75) is 0 Å². The quantitative estimate of drug-likeness (QED) is 0.197. The predicted molar refractivity (Wildman–Crippen MR) is 179 cm³/mol. The van der Waals surface area contributed by atoms with Crippen molar-refractivity contribution in [3.05, 3.63) is 183 Å². The molecule has 0 saturated carbocycles. The number of hydrogen-bond acceptors (Lipinski definition) is 5. The first kappa shape index (κ1) is 29.3. The Morgan fingerprint density at radius 2 is 1.18 bits per heavy atom. The second-order valence-electron chi connectivity index (χ2n) is 9.33. The van der Waals surface area contributed by atoms with E-state index in [-0.39, 0.29) is 0 Å². The average molecular weight is 574 g/mol. The van der Waals surface area contributed by atoms with Gasteiger partial charge in [0, 0.05) is 48.0 Å². The van der Waals surface area contributed by atoms with Gasteiger partial charge in [0.2, 0.25) is 0 Å². The number of benzene rings is 3. The second kappa shape index (κ2) is 16.3. The van der Waals surface area contributed by atoms with Crippen molar-refractivity contribution in [1.29, 1.82) is 0 Å². The SMILES string of the molecule is c1ccc2[nH]ncc2c1.c1ccc2cnccc2c1.c1ccc2ncccc2c1.c1ccn2cncc2c1.c1ccncc1. The molecule has 0 fully saturated rings. The van der Waals surface area contributed by atoms with Crippen molar-refractivity contribution in [2.24, 2.45) is 0 Å². The first-order valence-corrected chi connectivity index (χ1v) is 14.1. The van der Waals surface area contributed by atoms with Gasteiger partial charge in [-0.1, -0.05) is 78.9 Å². The Hall–Kier alpha value is -6.21. The maximum atomic E-state index is 4.18. The fourth-order valence-corrected chi connectivity index (χ4v) is 4.10.